The van der Waals surface area contributed by atoms with Crippen LogP contribution in [0.4, 0.5) is 0 Å². The Kier molecular flexibility index (Phi) is 5.32. The van der Waals surface area contributed by atoms with Gasteiger partial charge in [0.2, 0.25) is 5.91 Å². The lowest BCUT2D eigenvalue weighted by molar-refractivity contribution is -0.123. The lowest BCUT2D eigenvalue weighted by Gasteiger charge is -2.17. The zero-order valence-corrected chi connectivity index (χ0v) is 15.5. The Morgan fingerprint density at radius 2 is 1.81 bits per heavy atom. The smallest absolute Gasteiger partial charge is 0.230 e. The van der Waals surface area contributed by atoms with Crippen LogP contribution < -0.4 is 10.1 Å². The molecule has 2 aromatic rings. The third-order valence-electron chi connectivity index (χ3n) is 4.90. The number of aryl methyl sites for hydroxylation is 2. The van der Waals surface area contributed by atoms with Crippen molar-refractivity contribution in [3.8, 4) is 18.1 Å². The van der Waals surface area contributed by atoms with E-state index in [1.165, 1.54) is 11.1 Å². The van der Waals surface area contributed by atoms with Crippen LogP contribution in [0.5, 0.6) is 5.75 Å². The van der Waals surface area contributed by atoms with Crippen molar-refractivity contribution >= 4 is 5.91 Å². The van der Waals surface area contributed by atoms with E-state index in [0.717, 1.165) is 36.1 Å². The van der Waals surface area contributed by atoms with Crippen LogP contribution in [0.25, 0.3) is 0 Å². The molecule has 0 unspecified atom stereocenters. The summed E-state index contributed by atoms with van der Waals surface area (Å²) >= 11 is 0. The summed E-state index contributed by atoms with van der Waals surface area (Å²) in [5.74, 6) is 3.36. The topological polar surface area (TPSA) is 38.3 Å². The number of amides is 1. The normalized spacial score (nSPS) is 14.3. The van der Waals surface area contributed by atoms with Gasteiger partial charge >= 0.3 is 0 Å². The summed E-state index contributed by atoms with van der Waals surface area (Å²) in [4.78, 5) is 12.8. The second kappa shape index (κ2) is 7.66. The molecule has 1 saturated carbocycles. The first-order valence-corrected chi connectivity index (χ1v) is 9.06. The van der Waals surface area contributed by atoms with Crippen molar-refractivity contribution in [2.45, 2.75) is 38.5 Å². The molecule has 2 aromatic carbocycles. The largest absolute Gasteiger partial charge is 0.481 e. The summed E-state index contributed by atoms with van der Waals surface area (Å²) in [5, 5.41) is 3.12. The van der Waals surface area contributed by atoms with E-state index in [-0.39, 0.29) is 17.9 Å². The molecule has 3 nitrogen and oxygen atoms in total. The van der Waals surface area contributed by atoms with Gasteiger partial charge in [-0.25, -0.2) is 0 Å². The predicted octanol–water partition coefficient (Wildman–Crippen LogP) is 3.71. The number of hydrogen-bond acceptors (Lipinski definition) is 2. The number of carbonyl (C=O) groups is 1. The van der Waals surface area contributed by atoms with Gasteiger partial charge in [-0.15, -0.1) is 6.42 Å². The molecule has 0 spiro atoms. The molecule has 134 valence electrons. The average Bonchev–Trinajstić information content (AvgIpc) is 3.42. The fourth-order valence-electron chi connectivity index (χ4n) is 3.39. The summed E-state index contributed by atoms with van der Waals surface area (Å²) in [5.41, 5.74) is 4.43. The molecule has 3 heteroatoms. The van der Waals surface area contributed by atoms with Crippen LogP contribution in [0.15, 0.2) is 42.5 Å². The van der Waals surface area contributed by atoms with Gasteiger partial charge in [-0.05, 0) is 56.4 Å². The third kappa shape index (κ3) is 4.08. The first kappa shape index (κ1) is 18.1. The van der Waals surface area contributed by atoms with Crippen LogP contribution in [0.2, 0.25) is 0 Å². The van der Waals surface area contributed by atoms with Gasteiger partial charge in [0.1, 0.15) is 12.4 Å². The quantitative estimate of drug-likeness (QED) is 0.776. The second-order valence-corrected chi connectivity index (χ2v) is 7.10. The van der Waals surface area contributed by atoms with Gasteiger partial charge in [0.15, 0.2) is 0 Å². The molecule has 1 amide bonds. The zero-order valence-electron chi connectivity index (χ0n) is 15.5. The van der Waals surface area contributed by atoms with Crippen LogP contribution in [-0.2, 0) is 16.6 Å². The number of terminal acetylenes is 1. The van der Waals surface area contributed by atoms with E-state index < -0.39 is 0 Å². The van der Waals surface area contributed by atoms with Crippen LogP contribution in [0.3, 0.4) is 0 Å². The van der Waals surface area contributed by atoms with Crippen molar-refractivity contribution in [1.29, 1.82) is 0 Å². The van der Waals surface area contributed by atoms with Gasteiger partial charge in [-0.1, -0.05) is 47.4 Å². The maximum absolute atomic E-state index is 12.8. The Balaban J connectivity index is 1.55. The second-order valence-electron chi connectivity index (χ2n) is 7.10. The first-order valence-electron chi connectivity index (χ1n) is 9.06. The molecule has 0 bridgehead atoms. The van der Waals surface area contributed by atoms with Crippen molar-refractivity contribution < 1.29 is 9.53 Å². The minimum Gasteiger partial charge on any atom is -0.481 e. The van der Waals surface area contributed by atoms with Crippen molar-refractivity contribution in [2.24, 2.45) is 0 Å². The molecule has 1 N–H and O–H groups in total. The predicted molar refractivity (Wildman–Crippen MR) is 104 cm³/mol. The van der Waals surface area contributed by atoms with Gasteiger partial charge < -0.3 is 10.1 Å². The molecule has 0 aromatic heterocycles. The number of benzene rings is 2. The highest BCUT2D eigenvalue weighted by molar-refractivity contribution is 5.91. The fourth-order valence-corrected chi connectivity index (χ4v) is 3.39. The Labute approximate surface area is 155 Å². The first-order chi connectivity index (χ1) is 12.5. The Hall–Kier alpha value is -2.73. The minimum absolute atomic E-state index is 0.150. The maximum Gasteiger partial charge on any atom is 0.230 e. The molecule has 0 heterocycles. The van der Waals surface area contributed by atoms with E-state index >= 15 is 0 Å². The number of rotatable bonds is 7. The SMILES string of the molecule is C#CCOc1ccc(CCNC(=O)C2(c3cc(C)cc(C)c3)CC2)cc1. The number of carbonyl (C=O) groups excluding carboxylic acids is 1. The van der Waals surface area contributed by atoms with Gasteiger partial charge in [0.05, 0.1) is 5.41 Å². The molecule has 26 heavy (non-hydrogen) atoms. The summed E-state index contributed by atoms with van der Waals surface area (Å²) in [6.07, 6.45) is 7.85. The zero-order chi connectivity index (χ0) is 18.6. The fraction of sp³-hybridized carbons (Fsp3) is 0.348. The van der Waals surface area contributed by atoms with E-state index in [1.54, 1.807) is 0 Å². The Morgan fingerprint density at radius 3 is 2.38 bits per heavy atom. The summed E-state index contributed by atoms with van der Waals surface area (Å²) in [7, 11) is 0. The standard InChI is InChI=1S/C23H25NO2/c1-4-13-26-21-7-5-19(6-8-21)9-12-24-22(25)23(10-11-23)20-15-17(2)14-18(3)16-20/h1,5-8,14-16H,9-13H2,2-3H3,(H,24,25). The van der Waals surface area contributed by atoms with Gasteiger partial charge in [-0.2, -0.15) is 0 Å². The summed E-state index contributed by atoms with van der Waals surface area (Å²) in [6.45, 7) is 5.08. The number of nitrogens with one attached hydrogen (secondary N) is 1. The highest BCUT2D eigenvalue weighted by Gasteiger charge is 2.51. The van der Waals surface area contributed by atoms with Gasteiger partial charge in [0, 0.05) is 6.54 Å². The Bertz CT molecular complexity index is 806. The van der Waals surface area contributed by atoms with Crippen LogP contribution in [0, 0.1) is 26.2 Å². The van der Waals surface area contributed by atoms with E-state index in [4.69, 9.17) is 11.2 Å². The highest BCUT2D eigenvalue weighted by atomic mass is 16.5. The van der Waals surface area contributed by atoms with Gasteiger partial charge in [0.25, 0.3) is 0 Å². The Morgan fingerprint density at radius 1 is 1.15 bits per heavy atom. The van der Waals surface area contributed by atoms with Crippen LogP contribution in [0.1, 0.15) is 35.1 Å². The molecule has 3 rings (SSSR count). The van der Waals surface area contributed by atoms with Crippen molar-refractivity contribution in [3.05, 3.63) is 64.7 Å². The minimum atomic E-state index is -0.316. The molecule has 0 aliphatic heterocycles. The molecule has 0 atom stereocenters. The molecule has 1 aliphatic rings. The van der Waals surface area contributed by atoms with Crippen molar-refractivity contribution in [3.63, 3.8) is 0 Å². The number of hydrogen-bond donors (Lipinski definition) is 1. The summed E-state index contributed by atoms with van der Waals surface area (Å²) in [6, 6.07) is 14.3. The molecule has 0 radical (unpaired) electrons. The van der Waals surface area contributed by atoms with Crippen molar-refractivity contribution in [2.75, 3.05) is 13.2 Å². The van der Waals surface area contributed by atoms with E-state index in [1.807, 2.05) is 24.3 Å². The highest BCUT2D eigenvalue weighted by Crippen LogP contribution is 2.48. The van der Waals surface area contributed by atoms with E-state index in [9.17, 15) is 4.79 Å². The lowest BCUT2D eigenvalue weighted by atomic mass is 9.92. The van der Waals surface area contributed by atoms with Gasteiger partial charge in [-0.3, -0.25) is 4.79 Å². The van der Waals surface area contributed by atoms with Crippen LogP contribution in [-0.4, -0.2) is 19.1 Å². The monoisotopic (exact) mass is 347 g/mol. The molecular formula is C23H25NO2. The molecule has 1 aliphatic carbocycles. The summed E-state index contributed by atoms with van der Waals surface area (Å²) < 4.78 is 5.37. The molecule has 0 saturated heterocycles. The third-order valence-corrected chi connectivity index (χ3v) is 4.90. The maximum atomic E-state index is 12.8. The number of ether oxygens (including phenoxy) is 1. The van der Waals surface area contributed by atoms with E-state index in [0.29, 0.717) is 6.54 Å². The lowest BCUT2D eigenvalue weighted by Crippen LogP contribution is -2.36. The van der Waals surface area contributed by atoms with E-state index in [2.05, 4.69) is 43.3 Å². The average molecular weight is 347 g/mol. The molecule has 1 fully saturated rings. The van der Waals surface area contributed by atoms with Crippen LogP contribution >= 0.6 is 0 Å². The van der Waals surface area contributed by atoms with Crippen molar-refractivity contribution in [1.82, 2.24) is 5.32 Å². The molecular weight excluding hydrogens is 322 g/mol.